The summed E-state index contributed by atoms with van der Waals surface area (Å²) in [4.78, 5) is 12.0. The number of carbonyl (C=O) groups is 1. The summed E-state index contributed by atoms with van der Waals surface area (Å²) >= 11 is 0. The zero-order valence-corrected chi connectivity index (χ0v) is 10.3. The number of carbonyl (C=O) groups excluding carboxylic acids is 1. The fourth-order valence-corrected chi connectivity index (χ4v) is 1.73. The molecule has 0 N–H and O–H groups in total. The van der Waals surface area contributed by atoms with Crippen LogP contribution in [0.3, 0.4) is 0 Å². The van der Waals surface area contributed by atoms with Crippen LogP contribution < -0.4 is 4.74 Å². The fourth-order valence-electron chi connectivity index (χ4n) is 1.73. The van der Waals surface area contributed by atoms with Crippen molar-refractivity contribution in [1.82, 2.24) is 0 Å². The van der Waals surface area contributed by atoms with Gasteiger partial charge in [-0.3, -0.25) is 4.79 Å². The van der Waals surface area contributed by atoms with Gasteiger partial charge in [0.1, 0.15) is 18.3 Å². The topological polar surface area (TPSA) is 50.1 Å². The summed E-state index contributed by atoms with van der Waals surface area (Å²) in [6.45, 7) is -0.100. The Morgan fingerprint density at radius 3 is 2.21 bits per heavy atom. The second-order valence-electron chi connectivity index (χ2n) is 4.04. The number of para-hydroxylation sites is 1. The maximum atomic E-state index is 12.0. The van der Waals surface area contributed by atoms with Crippen LogP contribution in [0, 0.1) is 11.3 Å². The molecule has 0 heterocycles. The lowest BCUT2D eigenvalue weighted by Crippen LogP contribution is -2.18. The van der Waals surface area contributed by atoms with Crippen LogP contribution in [0.15, 0.2) is 60.7 Å². The first-order valence-corrected chi connectivity index (χ1v) is 5.96. The highest BCUT2D eigenvalue weighted by molar-refractivity contribution is 5.89. The summed E-state index contributed by atoms with van der Waals surface area (Å²) in [5.41, 5.74) is 0.701. The molecular formula is C16H13NO2. The van der Waals surface area contributed by atoms with Gasteiger partial charge in [-0.1, -0.05) is 48.5 Å². The van der Waals surface area contributed by atoms with E-state index in [-0.39, 0.29) is 12.4 Å². The van der Waals surface area contributed by atoms with E-state index in [4.69, 9.17) is 10.00 Å². The van der Waals surface area contributed by atoms with E-state index in [1.165, 1.54) is 0 Å². The average Bonchev–Trinajstić information content (AvgIpc) is 2.48. The second kappa shape index (κ2) is 6.36. The van der Waals surface area contributed by atoms with Gasteiger partial charge >= 0.3 is 0 Å². The lowest BCUT2D eigenvalue weighted by molar-refractivity contribution is -0.121. The van der Waals surface area contributed by atoms with Gasteiger partial charge in [-0.25, -0.2) is 0 Å². The van der Waals surface area contributed by atoms with E-state index in [9.17, 15) is 4.79 Å². The van der Waals surface area contributed by atoms with E-state index in [0.29, 0.717) is 11.3 Å². The first-order valence-electron chi connectivity index (χ1n) is 5.96. The molecule has 0 aromatic heterocycles. The molecule has 0 spiro atoms. The predicted octanol–water partition coefficient (Wildman–Crippen LogP) is 2.94. The van der Waals surface area contributed by atoms with E-state index in [1.807, 2.05) is 42.5 Å². The summed E-state index contributed by atoms with van der Waals surface area (Å²) in [5, 5.41) is 9.12. The third kappa shape index (κ3) is 3.43. The van der Waals surface area contributed by atoms with Crippen molar-refractivity contribution in [2.75, 3.05) is 6.61 Å². The van der Waals surface area contributed by atoms with Crippen LogP contribution in [0.5, 0.6) is 5.75 Å². The molecule has 0 aliphatic heterocycles. The Morgan fingerprint density at radius 2 is 1.63 bits per heavy atom. The van der Waals surface area contributed by atoms with E-state index in [0.717, 1.165) is 0 Å². The third-order valence-electron chi connectivity index (χ3n) is 2.71. The van der Waals surface area contributed by atoms with Crippen molar-refractivity contribution in [3.63, 3.8) is 0 Å². The zero-order chi connectivity index (χ0) is 13.5. The summed E-state index contributed by atoms with van der Waals surface area (Å²) in [5.74, 6) is -0.386. The molecule has 94 valence electrons. The molecule has 2 aromatic rings. The fraction of sp³-hybridized carbons (Fsp3) is 0.125. The summed E-state index contributed by atoms with van der Waals surface area (Å²) in [6, 6.07) is 20.1. The van der Waals surface area contributed by atoms with Crippen molar-refractivity contribution in [3.8, 4) is 11.8 Å². The molecule has 2 rings (SSSR count). The number of rotatable bonds is 5. The van der Waals surface area contributed by atoms with E-state index in [2.05, 4.69) is 0 Å². The maximum Gasteiger partial charge on any atom is 0.191 e. The largest absolute Gasteiger partial charge is 0.486 e. The van der Waals surface area contributed by atoms with E-state index < -0.39 is 5.92 Å². The van der Waals surface area contributed by atoms with Crippen LogP contribution in [-0.4, -0.2) is 12.4 Å². The smallest absolute Gasteiger partial charge is 0.191 e. The van der Waals surface area contributed by atoms with Crippen molar-refractivity contribution < 1.29 is 9.53 Å². The molecule has 0 saturated heterocycles. The molecule has 0 aliphatic rings. The Kier molecular flexibility index (Phi) is 4.30. The quantitative estimate of drug-likeness (QED) is 0.820. The first-order chi connectivity index (χ1) is 9.31. The van der Waals surface area contributed by atoms with Crippen LogP contribution in [0.1, 0.15) is 11.5 Å². The molecule has 0 amide bonds. The standard InChI is InChI=1S/C16H13NO2/c17-11-15(13-7-3-1-4-8-13)16(18)12-19-14-9-5-2-6-10-14/h1-10,15H,12H2/t15-/m1/s1. The van der Waals surface area contributed by atoms with E-state index >= 15 is 0 Å². The molecule has 0 aliphatic carbocycles. The monoisotopic (exact) mass is 251 g/mol. The second-order valence-corrected chi connectivity index (χ2v) is 4.04. The highest BCUT2D eigenvalue weighted by atomic mass is 16.5. The van der Waals surface area contributed by atoms with Crippen LogP contribution in [0.4, 0.5) is 0 Å². The molecule has 3 heteroatoms. The Labute approximate surface area is 112 Å². The van der Waals surface area contributed by atoms with Gasteiger partial charge in [0.25, 0.3) is 0 Å². The Balaban J connectivity index is 2.01. The van der Waals surface area contributed by atoms with Crippen molar-refractivity contribution in [2.45, 2.75) is 5.92 Å². The van der Waals surface area contributed by atoms with Gasteiger partial charge in [-0.2, -0.15) is 5.26 Å². The van der Waals surface area contributed by atoms with Gasteiger partial charge in [-0.15, -0.1) is 0 Å². The Morgan fingerprint density at radius 1 is 1.05 bits per heavy atom. The van der Waals surface area contributed by atoms with Gasteiger partial charge < -0.3 is 4.74 Å². The highest BCUT2D eigenvalue weighted by Gasteiger charge is 2.20. The van der Waals surface area contributed by atoms with Crippen molar-refractivity contribution >= 4 is 5.78 Å². The number of ketones is 1. The van der Waals surface area contributed by atoms with Crippen LogP contribution in [0.2, 0.25) is 0 Å². The number of nitriles is 1. The zero-order valence-electron chi connectivity index (χ0n) is 10.3. The Bertz CT molecular complexity index is 573. The number of hydrogen-bond donors (Lipinski definition) is 0. The summed E-state index contributed by atoms with van der Waals surface area (Å²) in [6.07, 6.45) is 0. The van der Waals surface area contributed by atoms with Crippen molar-refractivity contribution in [1.29, 1.82) is 5.26 Å². The van der Waals surface area contributed by atoms with E-state index in [1.54, 1.807) is 24.3 Å². The lowest BCUT2D eigenvalue weighted by atomic mass is 9.97. The van der Waals surface area contributed by atoms with Crippen molar-refractivity contribution in [2.24, 2.45) is 0 Å². The molecule has 2 aromatic carbocycles. The summed E-state index contributed by atoms with van der Waals surface area (Å²) < 4.78 is 5.37. The molecule has 0 bridgehead atoms. The normalized spacial score (nSPS) is 11.3. The molecule has 1 atom stereocenters. The minimum atomic E-state index is -0.773. The molecule has 3 nitrogen and oxygen atoms in total. The van der Waals surface area contributed by atoms with Gasteiger partial charge in [0.05, 0.1) is 6.07 Å². The lowest BCUT2D eigenvalue weighted by Gasteiger charge is -2.09. The van der Waals surface area contributed by atoms with Crippen molar-refractivity contribution in [3.05, 3.63) is 66.2 Å². The number of ether oxygens (including phenoxy) is 1. The minimum Gasteiger partial charge on any atom is -0.486 e. The molecule has 0 radical (unpaired) electrons. The molecule has 0 saturated carbocycles. The number of hydrogen-bond acceptors (Lipinski definition) is 3. The first kappa shape index (κ1) is 12.8. The van der Waals surface area contributed by atoms with Gasteiger partial charge in [0.2, 0.25) is 0 Å². The molecule has 19 heavy (non-hydrogen) atoms. The minimum absolute atomic E-state index is 0.100. The number of nitrogens with zero attached hydrogens (tertiary/aromatic N) is 1. The highest BCUT2D eigenvalue weighted by Crippen LogP contribution is 2.16. The molecule has 0 unspecified atom stereocenters. The van der Waals surface area contributed by atoms with Crippen LogP contribution >= 0.6 is 0 Å². The number of benzene rings is 2. The third-order valence-corrected chi connectivity index (χ3v) is 2.71. The van der Waals surface area contributed by atoms with Gasteiger partial charge in [0, 0.05) is 0 Å². The van der Waals surface area contributed by atoms with Crippen LogP contribution in [-0.2, 0) is 4.79 Å². The summed E-state index contributed by atoms with van der Waals surface area (Å²) in [7, 11) is 0. The van der Waals surface area contributed by atoms with Crippen LogP contribution in [0.25, 0.3) is 0 Å². The molecule has 0 fully saturated rings. The number of Topliss-reactive ketones (excluding diaryl/α,β-unsaturated/α-hetero) is 1. The molecular weight excluding hydrogens is 238 g/mol. The maximum absolute atomic E-state index is 12.0. The van der Waals surface area contributed by atoms with Gasteiger partial charge in [-0.05, 0) is 17.7 Å². The SMILES string of the molecule is N#C[C@@H](C(=O)COc1ccccc1)c1ccccc1. The Hall–Kier alpha value is -2.60. The van der Waals surface area contributed by atoms with Gasteiger partial charge in [0.15, 0.2) is 5.78 Å². The average molecular weight is 251 g/mol. The predicted molar refractivity (Wildman–Crippen MR) is 71.7 cm³/mol.